The first kappa shape index (κ1) is 15.1. The van der Waals surface area contributed by atoms with Crippen molar-refractivity contribution in [2.75, 3.05) is 11.9 Å². The maximum atomic E-state index is 12.1. The van der Waals surface area contributed by atoms with E-state index in [1.807, 2.05) is 6.92 Å². The molecule has 1 heterocycles. The summed E-state index contributed by atoms with van der Waals surface area (Å²) in [6.45, 7) is 2.51. The largest absolute Gasteiger partial charge is 0.459 e. The Balaban J connectivity index is 2.22. The normalized spacial score (nSPS) is 10.2. The van der Waals surface area contributed by atoms with E-state index in [1.54, 1.807) is 24.3 Å². The van der Waals surface area contributed by atoms with E-state index in [-0.39, 0.29) is 11.7 Å². The lowest BCUT2D eigenvalue weighted by atomic mass is 10.1. The van der Waals surface area contributed by atoms with Gasteiger partial charge in [-0.15, -0.1) is 0 Å². The number of halogens is 1. The summed E-state index contributed by atoms with van der Waals surface area (Å²) < 4.78 is 5.02. The number of carbonyl (C=O) groups excluding carboxylic acids is 2. The minimum Gasteiger partial charge on any atom is -0.459 e. The summed E-state index contributed by atoms with van der Waals surface area (Å²) in [6.07, 6.45) is 2.23. The summed E-state index contributed by atoms with van der Waals surface area (Å²) in [6, 6.07) is 7.87. The molecule has 0 aliphatic carbocycles. The van der Waals surface area contributed by atoms with Gasteiger partial charge in [0.2, 0.25) is 0 Å². The molecule has 2 rings (SSSR count). The zero-order chi connectivity index (χ0) is 15.2. The summed E-state index contributed by atoms with van der Waals surface area (Å²) in [5.41, 5.74) is 0.699. The Morgan fingerprint density at radius 3 is 2.71 bits per heavy atom. The number of nitrogens with one attached hydrogen (secondary N) is 2. The number of furan rings is 1. The van der Waals surface area contributed by atoms with Crippen LogP contribution in [0.3, 0.4) is 0 Å². The number of amides is 2. The topological polar surface area (TPSA) is 71.3 Å². The maximum absolute atomic E-state index is 12.1. The second-order valence-corrected chi connectivity index (χ2v) is 4.81. The van der Waals surface area contributed by atoms with Gasteiger partial charge in [0.05, 0.1) is 17.5 Å². The SMILES string of the molecule is CCCNC(=O)c1cc(Cl)ccc1NC(=O)c1ccco1. The van der Waals surface area contributed by atoms with Crippen LogP contribution in [-0.2, 0) is 0 Å². The molecule has 0 bridgehead atoms. The first-order chi connectivity index (χ1) is 10.1. The summed E-state index contributed by atoms with van der Waals surface area (Å²) in [7, 11) is 0. The molecule has 21 heavy (non-hydrogen) atoms. The van der Waals surface area contributed by atoms with Crippen molar-refractivity contribution in [1.29, 1.82) is 0 Å². The third-order valence-corrected chi connectivity index (χ3v) is 2.99. The van der Waals surface area contributed by atoms with E-state index in [9.17, 15) is 9.59 Å². The molecule has 5 nitrogen and oxygen atoms in total. The molecule has 2 amide bonds. The Hall–Kier alpha value is -2.27. The number of benzene rings is 1. The van der Waals surface area contributed by atoms with Crippen molar-refractivity contribution in [3.05, 3.63) is 52.9 Å². The molecule has 0 radical (unpaired) electrons. The van der Waals surface area contributed by atoms with Crippen LogP contribution in [-0.4, -0.2) is 18.4 Å². The molecule has 1 aromatic heterocycles. The van der Waals surface area contributed by atoms with Crippen molar-refractivity contribution >= 4 is 29.1 Å². The van der Waals surface area contributed by atoms with Crippen molar-refractivity contribution in [3.8, 4) is 0 Å². The van der Waals surface area contributed by atoms with Crippen molar-refractivity contribution in [2.24, 2.45) is 0 Å². The average Bonchev–Trinajstić information content (AvgIpc) is 3.01. The smallest absolute Gasteiger partial charge is 0.291 e. The number of hydrogen-bond acceptors (Lipinski definition) is 3. The van der Waals surface area contributed by atoms with E-state index < -0.39 is 5.91 Å². The number of hydrogen-bond donors (Lipinski definition) is 2. The molecule has 0 atom stereocenters. The van der Waals surface area contributed by atoms with Crippen LogP contribution in [0, 0.1) is 0 Å². The van der Waals surface area contributed by atoms with Gasteiger partial charge in [-0.3, -0.25) is 9.59 Å². The van der Waals surface area contributed by atoms with Gasteiger partial charge in [0.25, 0.3) is 11.8 Å². The van der Waals surface area contributed by atoms with Gasteiger partial charge in [-0.1, -0.05) is 18.5 Å². The number of anilines is 1. The molecular formula is C15H15ClN2O3. The molecule has 6 heteroatoms. The zero-order valence-electron chi connectivity index (χ0n) is 11.5. The van der Waals surface area contributed by atoms with E-state index in [1.165, 1.54) is 12.3 Å². The summed E-state index contributed by atoms with van der Waals surface area (Å²) in [5, 5.41) is 5.82. The van der Waals surface area contributed by atoms with Gasteiger partial charge < -0.3 is 15.1 Å². The van der Waals surface area contributed by atoms with Crippen molar-refractivity contribution in [1.82, 2.24) is 5.32 Å². The molecule has 1 aromatic carbocycles. The number of carbonyl (C=O) groups is 2. The Labute approximate surface area is 127 Å². The predicted molar refractivity (Wildman–Crippen MR) is 80.7 cm³/mol. The fourth-order valence-electron chi connectivity index (χ4n) is 1.74. The van der Waals surface area contributed by atoms with Crippen molar-refractivity contribution in [3.63, 3.8) is 0 Å². The second kappa shape index (κ2) is 6.95. The molecular weight excluding hydrogens is 292 g/mol. The lowest BCUT2D eigenvalue weighted by Gasteiger charge is -2.11. The summed E-state index contributed by atoms with van der Waals surface area (Å²) in [4.78, 5) is 24.1. The number of rotatable bonds is 5. The molecule has 2 aromatic rings. The minimum atomic E-state index is -0.424. The van der Waals surface area contributed by atoms with Crippen molar-refractivity contribution in [2.45, 2.75) is 13.3 Å². The third-order valence-electron chi connectivity index (χ3n) is 2.75. The van der Waals surface area contributed by atoms with E-state index in [0.717, 1.165) is 6.42 Å². The predicted octanol–water partition coefficient (Wildman–Crippen LogP) is 3.33. The average molecular weight is 307 g/mol. The summed E-state index contributed by atoms with van der Waals surface area (Å²) >= 11 is 5.92. The Morgan fingerprint density at radius 1 is 1.24 bits per heavy atom. The van der Waals surface area contributed by atoms with Crippen LogP contribution in [0.5, 0.6) is 0 Å². The Bertz CT molecular complexity index is 638. The molecule has 0 aliphatic rings. The minimum absolute atomic E-state index is 0.171. The van der Waals surface area contributed by atoms with E-state index >= 15 is 0 Å². The fourth-order valence-corrected chi connectivity index (χ4v) is 1.91. The highest BCUT2D eigenvalue weighted by molar-refractivity contribution is 6.31. The van der Waals surface area contributed by atoms with Gasteiger partial charge in [-0.25, -0.2) is 0 Å². The van der Waals surface area contributed by atoms with Crippen molar-refractivity contribution < 1.29 is 14.0 Å². The first-order valence-corrected chi connectivity index (χ1v) is 6.92. The van der Waals surface area contributed by atoms with Gasteiger partial charge in [0.1, 0.15) is 0 Å². The monoisotopic (exact) mass is 306 g/mol. The van der Waals surface area contributed by atoms with Crippen LogP contribution in [0.25, 0.3) is 0 Å². The molecule has 0 fully saturated rings. The van der Waals surface area contributed by atoms with Crippen LogP contribution in [0.2, 0.25) is 5.02 Å². The van der Waals surface area contributed by atoms with Crippen LogP contribution >= 0.6 is 11.6 Å². The first-order valence-electron chi connectivity index (χ1n) is 6.54. The maximum Gasteiger partial charge on any atom is 0.291 e. The highest BCUT2D eigenvalue weighted by Gasteiger charge is 2.16. The van der Waals surface area contributed by atoms with Gasteiger partial charge in [0.15, 0.2) is 5.76 Å². The quantitative estimate of drug-likeness (QED) is 0.890. The van der Waals surface area contributed by atoms with Crippen LogP contribution in [0.4, 0.5) is 5.69 Å². The second-order valence-electron chi connectivity index (χ2n) is 4.38. The summed E-state index contributed by atoms with van der Waals surface area (Å²) in [5.74, 6) is -0.536. The van der Waals surface area contributed by atoms with Gasteiger partial charge in [-0.05, 0) is 36.8 Å². The van der Waals surface area contributed by atoms with E-state index in [4.69, 9.17) is 16.0 Å². The van der Waals surface area contributed by atoms with Gasteiger partial charge in [-0.2, -0.15) is 0 Å². The Kier molecular flexibility index (Phi) is 5.00. The fraction of sp³-hybridized carbons (Fsp3) is 0.200. The molecule has 0 unspecified atom stereocenters. The lowest BCUT2D eigenvalue weighted by Crippen LogP contribution is -2.25. The molecule has 0 saturated carbocycles. The van der Waals surface area contributed by atoms with Crippen LogP contribution < -0.4 is 10.6 Å². The van der Waals surface area contributed by atoms with Crippen LogP contribution in [0.15, 0.2) is 41.0 Å². The van der Waals surface area contributed by atoms with E-state index in [0.29, 0.717) is 22.8 Å². The van der Waals surface area contributed by atoms with Gasteiger partial charge >= 0.3 is 0 Å². The zero-order valence-corrected chi connectivity index (χ0v) is 12.2. The van der Waals surface area contributed by atoms with Gasteiger partial charge in [0, 0.05) is 11.6 Å². The Morgan fingerprint density at radius 2 is 2.05 bits per heavy atom. The standard InChI is InChI=1S/C15H15ClN2O3/c1-2-7-17-14(19)11-9-10(16)5-6-12(11)18-15(20)13-4-3-8-21-13/h3-6,8-9H,2,7H2,1H3,(H,17,19)(H,18,20). The lowest BCUT2D eigenvalue weighted by molar-refractivity contribution is 0.0954. The molecule has 0 spiro atoms. The van der Waals surface area contributed by atoms with E-state index in [2.05, 4.69) is 10.6 Å². The molecule has 110 valence electrons. The molecule has 0 saturated heterocycles. The molecule has 0 aliphatic heterocycles. The third kappa shape index (κ3) is 3.86. The highest BCUT2D eigenvalue weighted by atomic mass is 35.5. The van der Waals surface area contributed by atoms with Crippen LogP contribution in [0.1, 0.15) is 34.3 Å². The molecule has 2 N–H and O–H groups in total. The highest BCUT2D eigenvalue weighted by Crippen LogP contribution is 2.21.